The Morgan fingerprint density at radius 1 is 1.23 bits per heavy atom. The molecule has 30 heavy (non-hydrogen) atoms. The number of aryl methyl sites for hydroxylation is 1. The number of anilines is 2. The quantitative estimate of drug-likeness (QED) is 0.803. The summed E-state index contributed by atoms with van der Waals surface area (Å²) >= 11 is 0. The van der Waals surface area contributed by atoms with Crippen molar-refractivity contribution in [1.82, 2.24) is 9.80 Å². The Kier molecular flexibility index (Phi) is 6.91. The number of hydrogen-bond acceptors (Lipinski definition) is 4. The molecule has 2 aliphatic heterocycles. The van der Waals surface area contributed by atoms with Crippen LogP contribution in [0.1, 0.15) is 45.6 Å². The summed E-state index contributed by atoms with van der Waals surface area (Å²) in [5.74, 6) is 0.519. The molecule has 1 fully saturated rings. The summed E-state index contributed by atoms with van der Waals surface area (Å²) < 4.78 is 5.55. The number of hydrogen-bond donors (Lipinski definition) is 1. The van der Waals surface area contributed by atoms with E-state index in [1.54, 1.807) is 9.80 Å². The van der Waals surface area contributed by atoms with E-state index in [0.29, 0.717) is 12.5 Å². The van der Waals surface area contributed by atoms with Gasteiger partial charge in [0, 0.05) is 32.4 Å². The zero-order valence-corrected chi connectivity index (χ0v) is 19.0. The van der Waals surface area contributed by atoms with Crippen LogP contribution in [-0.2, 0) is 11.2 Å². The summed E-state index contributed by atoms with van der Waals surface area (Å²) in [5.41, 5.74) is 2.16. The number of amides is 3. The normalized spacial score (nSPS) is 19.8. The molecule has 0 bridgehead atoms. The lowest BCUT2D eigenvalue weighted by molar-refractivity contribution is 0.0578. The minimum atomic E-state index is -0.527. The van der Waals surface area contributed by atoms with Crippen molar-refractivity contribution in [2.45, 2.75) is 52.1 Å². The Bertz CT molecular complexity index is 774. The predicted molar refractivity (Wildman–Crippen MR) is 120 cm³/mol. The van der Waals surface area contributed by atoms with Gasteiger partial charge < -0.3 is 19.9 Å². The molecule has 2 heterocycles. The van der Waals surface area contributed by atoms with Crippen LogP contribution in [0.25, 0.3) is 0 Å². The second-order valence-corrected chi connectivity index (χ2v) is 9.66. The number of fused-ring (bicyclic) bond motifs is 1. The summed E-state index contributed by atoms with van der Waals surface area (Å²) in [6.45, 7) is 9.20. The topological polar surface area (TPSA) is 65.1 Å². The number of piperidine rings is 1. The third-order valence-electron chi connectivity index (χ3n) is 5.66. The molecule has 3 amide bonds. The number of rotatable bonds is 3. The molecule has 1 unspecified atom stereocenters. The van der Waals surface area contributed by atoms with E-state index >= 15 is 0 Å². The Balaban J connectivity index is 1.62. The summed E-state index contributed by atoms with van der Waals surface area (Å²) in [6, 6.07) is 5.65. The highest BCUT2D eigenvalue weighted by Crippen LogP contribution is 2.31. The van der Waals surface area contributed by atoms with Gasteiger partial charge in [-0.25, -0.2) is 9.59 Å². The molecule has 1 saturated heterocycles. The maximum absolute atomic E-state index is 12.7. The highest BCUT2D eigenvalue weighted by Gasteiger charge is 2.27. The van der Waals surface area contributed by atoms with Gasteiger partial charge in [-0.05, 0) is 89.7 Å². The molecule has 0 aromatic heterocycles. The minimum absolute atomic E-state index is 0.0945. The van der Waals surface area contributed by atoms with Crippen molar-refractivity contribution in [3.05, 3.63) is 23.8 Å². The van der Waals surface area contributed by atoms with E-state index in [1.165, 1.54) is 12.8 Å². The summed E-state index contributed by atoms with van der Waals surface area (Å²) in [5, 5.41) is 3.01. The smallest absolute Gasteiger partial charge is 0.414 e. The van der Waals surface area contributed by atoms with Crippen LogP contribution in [0, 0.1) is 5.92 Å². The van der Waals surface area contributed by atoms with E-state index in [-0.39, 0.29) is 12.1 Å². The molecular formula is C23H36N4O3. The van der Waals surface area contributed by atoms with Crippen LogP contribution in [-0.4, -0.2) is 67.8 Å². The number of benzene rings is 1. The van der Waals surface area contributed by atoms with Crippen LogP contribution >= 0.6 is 0 Å². The van der Waals surface area contributed by atoms with Crippen LogP contribution in [0.2, 0.25) is 0 Å². The number of nitrogens with one attached hydrogen (secondary N) is 1. The van der Waals surface area contributed by atoms with Crippen LogP contribution in [0.15, 0.2) is 18.2 Å². The first-order chi connectivity index (χ1) is 14.1. The molecule has 1 atom stereocenters. The number of carbonyl (C=O) groups is 2. The Morgan fingerprint density at radius 3 is 2.70 bits per heavy atom. The van der Waals surface area contributed by atoms with Crippen molar-refractivity contribution in [3.63, 3.8) is 0 Å². The van der Waals surface area contributed by atoms with Gasteiger partial charge in [0.05, 0.1) is 5.69 Å². The lowest BCUT2D eigenvalue weighted by Crippen LogP contribution is -2.41. The molecule has 7 nitrogen and oxygen atoms in total. The van der Waals surface area contributed by atoms with Crippen LogP contribution in [0.3, 0.4) is 0 Å². The predicted octanol–water partition coefficient (Wildman–Crippen LogP) is 4.18. The first kappa shape index (κ1) is 22.4. The summed E-state index contributed by atoms with van der Waals surface area (Å²) in [7, 11) is 3.99. The van der Waals surface area contributed by atoms with Gasteiger partial charge in [0.1, 0.15) is 5.60 Å². The van der Waals surface area contributed by atoms with Crippen molar-refractivity contribution in [2.24, 2.45) is 5.92 Å². The largest absolute Gasteiger partial charge is 0.443 e. The Hall–Kier alpha value is -2.28. The molecule has 3 rings (SSSR count). The van der Waals surface area contributed by atoms with Crippen molar-refractivity contribution in [2.75, 3.05) is 50.5 Å². The second kappa shape index (κ2) is 9.25. The van der Waals surface area contributed by atoms with Gasteiger partial charge in [0.15, 0.2) is 0 Å². The summed E-state index contributed by atoms with van der Waals surface area (Å²) in [6.07, 6.45) is 3.79. The number of ether oxygens (including phenoxy) is 1. The van der Waals surface area contributed by atoms with Gasteiger partial charge in [-0.2, -0.15) is 0 Å². The van der Waals surface area contributed by atoms with E-state index in [4.69, 9.17) is 4.74 Å². The molecule has 0 saturated carbocycles. The maximum atomic E-state index is 12.7. The Morgan fingerprint density at radius 2 is 2.00 bits per heavy atom. The van der Waals surface area contributed by atoms with Crippen LogP contribution in [0.4, 0.5) is 21.0 Å². The van der Waals surface area contributed by atoms with Gasteiger partial charge in [-0.1, -0.05) is 0 Å². The lowest BCUT2D eigenvalue weighted by atomic mass is 9.98. The molecule has 0 spiro atoms. The number of likely N-dealkylation sites (tertiary alicyclic amines) is 1. The maximum Gasteiger partial charge on any atom is 0.414 e. The molecule has 7 heteroatoms. The molecule has 166 valence electrons. The Labute approximate surface area is 180 Å². The van der Waals surface area contributed by atoms with Crippen molar-refractivity contribution in [3.8, 4) is 0 Å². The average Bonchev–Trinajstić information content (AvgIpc) is 2.66. The fourth-order valence-corrected chi connectivity index (χ4v) is 4.29. The van der Waals surface area contributed by atoms with Gasteiger partial charge in [-0.3, -0.25) is 4.90 Å². The van der Waals surface area contributed by atoms with E-state index in [2.05, 4.69) is 17.3 Å². The van der Waals surface area contributed by atoms with E-state index in [9.17, 15) is 9.59 Å². The first-order valence-corrected chi connectivity index (χ1v) is 11.0. The van der Waals surface area contributed by atoms with Gasteiger partial charge in [0.25, 0.3) is 0 Å². The van der Waals surface area contributed by atoms with Crippen LogP contribution in [0.5, 0.6) is 0 Å². The minimum Gasteiger partial charge on any atom is -0.443 e. The monoisotopic (exact) mass is 416 g/mol. The number of carbonyl (C=O) groups excluding carboxylic acids is 2. The summed E-state index contributed by atoms with van der Waals surface area (Å²) in [4.78, 5) is 31.0. The van der Waals surface area contributed by atoms with Crippen molar-refractivity contribution < 1.29 is 14.3 Å². The molecule has 1 aromatic carbocycles. The fraction of sp³-hybridized carbons (Fsp3) is 0.652. The van der Waals surface area contributed by atoms with Gasteiger partial charge >= 0.3 is 12.1 Å². The second-order valence-electron chi connectivity index (χ2n) is 9.66. The molecule has 2 aliphatic rings. The van der Waals surface area contributed by atoms with E-state index in [0.717, 1.165) is 49.4 Å². The molecule has 1 N–H and O–H groups in total. The van der Waals surface area contributed by atoms with Gasteiger partial charge in [-0.15, -0.1) is 0 Å². The standard InChI is InChI=1S/C23H36N4O3/c1-23(2,3)30-22(29)27-13-7-9-18-14-19(10-11-20(18)27)24-21(28)26(5)16-17-8-6-12-25(4)15-17/h10-11,14,17H,6-9,12-13,15-16H2,1-5H3,(H,24,28). The third-order valence-corrected chi connectivity index (χ3v) is 5.66. The third kappa shape index (κ3) is 5.88. The van der Waals surface area contributed by atoms with Gasteiger partial charge in [0.2, 0.25) is 0 Å². The fourth-order valence-electron chi connectivity index (χ4n) is 4.29. The highest BCUT2D eigenvalue weighted by atomic mass is 16.6. The first-order valence-electron chi connectivity index (χ1n) is 11.0. The lowest BCUT2D eigenvalue weighted by Gasteiger charge is -2.33. The van der Waals surface area contributed by atoms with E-state index < -0.39 is 5.60 Å². The molecule has 1 aromatic rings. The molecule has 0 aliphatic carbocycles. The van der Waals surface area contributed by atoms with Crippen LogP contribution < -0.4 is 10.2 Å². The zero-order valence-electron chi connectivity index (χ0n) is 19.0. The number of urea groups is 1. The average molecular weight is 417 g/mol. The van der Waals surface area contributed by atoms with Crippen molar-refractivity contribution >= 4 is 23.5 Å². The SMILES string of the molecule is CN1CCCC(CN(C)C(=O)Nc2ccc3c(c2)CCCN3C(=O)OC(C)(C)C)C1. The van der Waals surface area contributed by atoms with Crippen molar-refractivity contribution in [1.29, 1.82) is 0 Å². The highest BCUT2D eigenvalue weighted by molar-refractivity contribution is 5.92. The molecule has 0 radical (unpaired) electrons. The number of nitrogens with zero attached hydrogens (tertiary/aromatic N) is 3. The van der Waals surface area contributed by atoms with E-state index in [1.807, 2.05) is 46.0 Å². The zero-order chi connectivity index (χ0) is 21.9. The molecular weight excluding hydrogens is 380 g/mol.